The summed E-state index contributed by atoms with van der Waals surface area (Å²) >= 11 is 5.84. The predicted molar refractivity (Wildman–Crippen MR) is 80.6 cm³/mol. The Morgan fingerprint density at radius 2 is 1.96 bits per heavy atom. The number of alkyl halides is 3. The predicted octanol–water partition coefficient (Wildman–Crippen LogP) is 3.33. The van der Waals surface area contributed by atoms with Crippen LogP contribution in [-0.2, 0) is 12.7 Å². The van der Waals surface area contributed by atoms with Crippen molar-refractivity contribution in [3.05, 3.63) is 64.8 Å². The number of halogens is 4. The quantitative estimate of drug-likeness (QED) is 0.785. The van der Waals surface area contributed by atoms with Gasteiger partial charge in [-0.1, -0.05) is 11.6 Å². The molecule has 3 aromatic heterocycles. The Hall–Kier alpha value is -2.61. The molecule has 0 aliphatic rings. The first kappa shape index (κ1) is 16.3. The first-order chi connectivity index (χ1) is 11.3. The van der Waals surface area contributed by atoms with Gasteiger partial charge in [0.2, 0.25) is 0 Å². The normalized spacial score (nSPS) is 11.7. The van der Waals surface area contributed by atoms with E-state index in [1.165, 1.54) is 6.20 Å². The Kier molecular flexibility index (Phi) is 4.15. The Balaban J connectivity index is 1.85. The summed E-state index contributed by atoms with van der Waals surface area (Å²) in [5.41, 5.74) is -0.0235. The molecule has 3 heterocycles. The van der Waals surface area contributed by atoms with Crippen LogP contribution in [0.25, 0.3) is 5.65 Å². The number of hydrogen-bond donors (Lipinski definition) is 1. The van der Waals surface area contributed by atoms with Crippen molar-refractivity contribution in [3.8, 4) is 0 Å². The average molecular weight is 355 g/mol. The van der Waals surface area contributed by atoms with Gasteiger partial charge in [0.25, 0.3) is 5.91 Å². The van der Waals surface area contributed by atoms with Gasteiger partial charge < -0.3 is 9.72 Å². The van der Waals surface area contributed by atoms with Crippen LogP contribution < -0.4 is 5.32 Å². The van der Waals surface area contributed by atoms with E-state index in [4.69, 9.17) is 11.6 Å². The summed E-state index contributed by atoms with van der Waals surface area (Å²) in [5, 5.41) is 2.45. The van der Waals surface area contributed by atoms with Crippen LogP contribution >= 0.6 is 11.6 Å². The van der Waals surface area contributed by atoms with Gasteiger partial charge in [0.05, 0.1) is 10.6 Å². The summed E-state index contributed by atoms with van der Waals surface area (Å²) in [5.74, 6) is -0.514. The molecule has 5 nitrogen and oxygen atoms in total. The first-order valence-corrected chi connectivity index (χ1v) is 7.15. The van der Waals surface area contributed by atoms with Crippen molar-refractivity contribution < 1.29 is 18.0 Å². The Morgan fingerprint density at radius 1 is 1.25 bits per heavy atom. The molecule has 0 fully saturated rings. The van der Waals surface area contributed by atoms with Crippen molar-refractivity contribution in [3.63, 3.8) is 0 Å². The molecule has 0 aliphatic heterocycles. The van der Waals surface area contributed by atoms with E-state index in [1.807, 2.05) is 0 Å². The molecular weight excluding hydrogens is 345 g/mol. The number of pyridine rings is 2. The molecule has 0 saturated carbocycles. The van der Waals surface area contributed by atoms with E-state index in [0.29, 0.717) is 0 Å². The van der Waals surface area contributed by atoms with Crippen LogP contribution in [0.2, 0.25) is 5.02 Å². The zero-order chi connectivity index (χ0) is 17.3. The Labute approximate surface area is 139 Å². The van der Waals surface area contributed by atoms with Gasteiger partial charge in [-0.05, 0) is 23.8 Å². The fourth-order valence-corrected chi connectivity index (χ4v) is 2.35. The van der Waals surface area contributed by atoms with E-state index < -0.39 is 17.6 Å². The lowest BCUT2D eigenvalue weighted by molar-refractivity contribution is -0.137. The van der Waals surface area contributed by atoms with E-state index in [1.54, 1.807) is 24.5 Å². The third-order valence-electron chi connectivity index (χ3n) is 3.27. The maximum atomic E-state index is 12.8. The van der Waals surface area contributed by atoms with Gasteiger partial charge >= 0.3 is 6.18 Å². The highest BCUT2D eigenvalue weighted by Gasteiger charge is 2.32. The molecule has 0 spiro atoms. The number of aromatic nitrogens is 3. The molecule has 0 saturated heterocycles. The Morgan fingerprint density at radius 3 is 2.62 bits per heavy atom. The number of fused-ring (bicyclic) bond motifs is 1. The second kappa shape index (κ2) is 6.12. The minimum absolute atomic E-state index is 0.0229. The van der Waals surface area contributed by atoms with Crippen molar-refractivity contribution in [2.45, 2.75) is 12.7 Å². The molecule has 124 valence electrons. The number of nitrogens with one attached hydrogen (secondary N) is 1. The zero-order valence-electron chi connectivity index (χ0n) is 12.0. The summed E-state index contributed by atoms with van der Waals surface area (Å²) in [6.07, 6.45) is 0.688. The van der Waals surface area contributed by atoms with Gasteiger partial charge in [-0.3, -0.25) is 9.78 Å². The number of carbonyl (C=O) groups excluding carboxylic acids is 1. The summed E-state index contributed by atoms with van der Waals surface area (Å²) in [4.78, 5) is 20.0. The average Bonchev–Trinajstić information content (AvgIpc) is 2.97. The summed E-state index contributed by atoms with van der Waals surface area (Å²) < 4.78 is 39.5. The fourth-order valence-electron chi connectivity index (χ4n) is 2.09. The third kappa shape index (κ3) is 3.33. The number of nitrogens with zero attached hydrogens (tertiary/aromatic N) is 3. The monoisotopic (exact) mass is 354 g/mol. The van der Waals surface area contributed by atoms with Crippen LogP contribution in [0.5, 0.6) is 0 Å². The number of rotatable bonds is 3. The number of hydrogen-bond acceptors (Lipinski definition) is 3. The minimum Gasteiger partial charge on any atom is -0.347 e. The zero-order valence-corrected chi connectivity index (χ0v) is 12.8. The van der Waals surface area contributed by atoms with Gasteiger partial charge in [-0.15, -0.1) is 0 Å². The molecule has 1 amide bonds. The first-order valence-electron chi connectivity index (χ1n) is 6.77. The van der Waals surface area contributed by atoms with E-state index in [9.17, 15) is 18.0 Å². The molecule has 0 bridgehead atoms. The highest BCUT2D eigenvalue weighted by Crippen LogP contribution is 2.32. The van der Waals surface area contributed by atoms with Gasteiger partial charge in [-0.2, -0.15) is 13.2 Å². The van der Waals surface area contributed by atoms with Crippen LogP contribution in [0.15, 0.2) is 43.0 Å². The van der Waals surface area contributed by atoms with Gasteiger partial charge in [0.15, 0.2) is 5.65 Å². The van der Waals surface area contributed by atoms with Crippen LogP contribution in [0.3, 0.4) is 0 Å². The second-order valence-corrected chi connectivity index (χ2v) is 5.38. The van der Waals surface area contributed by atoms with Crippen molar-refractivity contribution in [2.24, 2.45) is 0 Å². The molecule has 24 heavy (non-hydrogen) atoms. The van der Waals surface area contributed by atoms with Gasteiger partial charge in [0, 0.05) is 31.3 Å². The van der Waals surface area contributed by atoms with E-state index in [0.717, 1.165) is 22.2 Å². The molecule has 9 heteroatoms. The van der Waals surface area contributed by atoms with Crippen LogP contribution in [0.1, 0.15) is 21.6 Å². The fraction of sp³-hybridized carbons (Fsp3) is 0.133. The molecule has 0 radical (unpaired) electrons. The highest BCUT2D eigenvalue weighted by molar-refractivity contribution is 6.33. The maximum absolute atomic E-state index is 12.8. The molecule has 1 N–H and O–H groups in total. The number of carbonyl (C=O) groups is 1. The highest BCUT2D eigenvalue weighted by atomic mass is 35.5. The molecule has 0 unspecified atom stereocenters. The largest absolute Gasteiger partial charge is 0.417 e. The number of amides is 1. The van der Waals surface area contributed by atoms with E-state index in [-0.39, 0.29) is 22.9 Å². The lowest BCUT2D eigenvalue weighted by atomic mass is 10.2. The molecule has 3 aromatic rings. The van der Waals surface area contributed by atoms with Crippen molar-refractivity contribution in [2.75, 3.05) is 0 Å². The van der Waals surface area contributed by atoms with Crippen LogP contribution in [0, 0.1) is 0 Å². The Bertz CT molecular complexity index is 893. The number of imidazole rings is 1. The van der Waals surface area contributed by atoms with Crippen LogP contribution in [-0.4, -0.2) is 20.3 Å². The SMILES string of the molecule is O=C(NCc1ccncc1)c1cn2cc(C(F)(F)F)cc(Cl)c2n1. The minimum atomic E-state index is -4.54. The third-order valence-corrected chi connectivity index (χ3v) is 3.55. The second-order valence-electron chi connectivity index (χ2n) is 4.97. The smallest absolute Gasteiger partial charge is 0.347 e. The standard InChI is InChI=1S/C15H10ClF3N4O/c16-11-5-10(15(17,18)19)7-23-8-12(22-13(11)23)14(24)21-6-9-1-3-20-4-2-9/h1-5,7-8H,6H2,(H,21,24). The lowest BCUT2D eigenvalue weighted by Gasteiger charge is -2.07. The van der Waals surface area contributed by atoms with Gasteiger partial charge in [0.1, 0.15) is 5.69 Å². The molecular formula is C15H10ClF3N4O. The van der Waals surface area contributed by atoms with E-state index >= 15 is 0 Å². The summed E-state index contributed by atoms with van der Waals surface area (Å²) in [7, 11) is 0. The lowest BCUT2D eigenvalue weighted by Crippen LogP contribution is -2.23. The summed E-state index contributed by atoms with van der Waals surface area (Å²) in [6.45, 7) is 0.247. The molecule has 0 atom stereocenters. The molecule has 0 aliphatic carbocycles. The van der Waals surface area contributed by atoms with E-state index in [2.05, 4.69) is 15.3 Å². The summed E-state index contributed by atoms with van der Waals surface area (Å²) in [6, 6.07) is 4.25. The molecule has 3 rings (SSSR count). The van der Waals surface area contributed by atoms with Crippen molar-refractivity contribution >= 4 is 23.2 Å². The molecule has 0 aromatic carbocycles. The maximum Gasteiger partial charge on any atom is 0.417 e. The van der Waals surface area contributed by atoms with Crippen LogP contribution in [0.4, 0.5) is 13.2 Å². The van der Waals surface area contributed by atoms with Crippen molar-refractivity contribution in [1.82, 2.24) is 19.7 Å². The van der Waals surface area contributed by atoms with Crippen molar-refractivity contribution in [1.29, 1.82) is 0 Å². The topological polar surface area (TPSA) is 59.3 Å². The van der Waals surface area contributed by atoms with Gasteiger partial charge in [-0.25, -0.2) is 4.98 Å².